The van der Waals surface area contributed by atoms with Gasteiger partial charge in [-0.2, -0.15) is 0 Å². The summed E-state index contributed by atoms with van der Waals surface area (Å²) in [6.45, 7) is 6.31. The number of aryl methyl sites for hydroxylation is 3. The van der Waals surface area contributed by atoms with E-state index in [-0.39, 0.29) is 29.4 Å². The average Bonchev–Trinajstić information content (AvgIpc) is 3.27. The molecule has 2 heterocycles. The van der Waals surface area contributed by atoms with Gasteiger partial charge in [0.25, 0.3) is 0 Å². The van der Waals surface area contributed by atoms with E-state index in [2.05, 4.69) is 11.1 Å². The summed E-state index contributed by atoms with van der Waals surface area (Å²) in [4.78, 5) is 24.1. The largest absolute Gasteiger partial charge is 0.284 e. The van der Waals surface area contributed by atoms with E-state index in [0.29, 0.717) is 11.7 Å². The number of thiazole rings is 1. The Morgan fingerprint density at radius 3 is 2.29 bits per heavy atom. The Bertz CT molecular complexity index is 1370. The van der Waals surface area contributed by atoms with Gasteiger partial charge in [-0.25, -0.2) is 13.4 Å². The molecular weight excluding hydrogens is 466 g/mol. The number of hydrogen-bond donors (Lipinski definition) is 0. The van der Waals surface area contributed by atoms with Crippen LogP contribution in [0.15, 0.2) is 65.8 Å². The maximum Gasteiger partial charge on any atom is 0.229 e. The monoisotopic (exact) mass is 493 g/mol. The fraction of sp³-hybridized carbons (Fsp3) is 0.269. The van der Waals surface area contributed by atoms with Gasteiger partial charge in [0, 0.05) is 18.8 Å². The molecule has 8 heteroatoms. The molecule has 0 radical (unpaired) electrons. The van der Waals surface area contributed by atoms with Crippen LogP contribution in [-0.2, 0) is 21.2 Å². The molecule has 2 aromatic carbocycles. The molecule has 0 aliphatic heterocycles. The molecule has 176 valence electrons. The maximum atomic E-state index is 13.3. The van der Waals surface area contributed by atoms with E-state index in [0.717, 1.165) is 32.5 Å². The van der Waals surface area contributed by atoms with Crippen LogP contribution >= 0.6 is 11.3 Å². The molecule has 34 heavy (non-hydrogen) atoms. The van der Waals surface area contributed by atoms with Crippen LogP contribution in [0.5, 0.6) is 0 Å². The van der Waals surface area contributed by atoms with Gasteiger partial charge in [0.2, 0.25) is 5.91 Å². The molecular formula is C26H27N3O3S2. The number of hydrogen-bond acceptors (Lipinski definition) is 6. The van der Waals surface area contributed by atoms with Crippen molar-refractivity contribution in [1.82, 2.24) is 9.97 Å². The zero-order valence-electron chi connectivity index (χ0n) is 19.5. The van der Waals surface area contributed by atoms with Crippen LogP contribution < -0.4 is 4.90 Å². The Morgan fingerprint density at radius 2 is 1.62 bits per heavy atom. The number of anilines is 1. The summed E-state index contributed by atoms with van der Waals surface area (Å²) < 4.78 is 26.5. The highest BCUT2D eigenvalue weighted by atomic mass is 32.2. The molecule has 0 aliphatic carbocycles. The lowest BCUT2D eigenvalue weighted by molar-refractivity contribution is -0.118. The minimum Gasteiger partial charge on any atom is -0.284 e. The molecule has 1 amide bonds. The number of benzene rings is 2. The molecule has 0 fully saturated rings. The van der Waals surface area contributed by atoms with Crippen LogP contribution in [0.4, 0.5) is 5.13 Å². The summed E-state index contributed by atoms with van der Waals surface area (Å²) in [5.74, 6) is -0.228. The van der Waals surface area contributed by atoms with Crippen LogP contribution in [0.3, 0.4) is 0 Å². The molecule has 0 spiro atoms. The Morgan fingerprint density at radius 1 is 0.941 bits per heavy atom. The van der Waals surface area contributed by atoms with Crippen molar-refractivity contribution in [2.24, 2.45) is 0 Å². The fourth-order valence-corrected chi connectivity index (χ4v) is 6.15. The van der Waals surface area contributed by atoms with Crippen molar-refractivity contribution >= 4 is 42.4 Å². The zero-order valence-corrected chi connectivity index (χ0v) is 21.1. The molecule has 0 aliphatic rings. The first-order valence-electron chi connectivity index (χ1n) is 11.1. The van der Waals surface area contributed by atoms with Gasteiger partial charge in [0.05, 0.1) is 27.4 Å². The van der Waals surface area contributed by atoms with Crippen LogP contribution in [0, 0.1) is 20.8 Å². The standard InChI is InChI=1S/C26H27N3O3S2/c1-18-6-10-22(11-7-18)34(31,32)16-4-5-23(30)29(17-21-12-14-27-15-13-21)26-28-24-19(2)8-9-20(3)25(24)33-26/h6-15H,4-5,16-17H2,1-3H3. The molecule has 0 unspecified atom stereocenters. The van der Waals surface area contributed by atoms with Crippen molar-refractivity contribution in [3.05, 3.63) is 83.2 Å². The average molecular weight is 494 g/mol. The highest BCUT2D eigenvalue weighted by Gasteiger charge is 2.22. The van der Waals surface area contributed by atoms with E-state index in [4.69, 9.17) is 4.98 Å². The summed E-state index contributed by atoms with van der Waals surface area (Å²) in [6.07, 6.45) is 3.74. The molecule has 0 bridgehead atoms. The number of sulfone groups is 1. The van der Waals surface area contributed by atoms with Gasteiger partial charge in [0.1, 0.15) is 0 Å². The van der Waals surface area contributed by atoms with Gasteiger partial charge < -0.3 is 0 Å². The Labute approximate surface area is 204 Å². The first-order chi connectivity index (χ1) is 16.2. The number of aromatic nitrogens is 2. The molecule has 0 saturated carbocycles. The number of rotatable bonds is 8. The number of pyridine rings is 1. The number of fused-ring (bicyclic) bond motifs is 1. The highest BCUT2D eigenvalue weighted by Crippen LogP contribution is 2.34. The Kier molecular flexibility index (Phi) is 7.09. The predicted octanol–water partition coefficient (Wildman–Crippen LogP) is 5.40. The summed E-state index contributed by atoms with van der Waals surface area (Å²) in [7, 11) is -3.45. The van der Waals surface area contributed by atoms with Crippen LogP contribution in [0.1, 0.15) is 35.1 Å². The Balaban J connectivity index is 1.55. The lowest BCUT2D eigenvalue weighted by atomic mass is 10.1. The van der Waals surface area contributed by atoms with Crippen molar-refractivity contribution in [3.63, 3.8) is 0 Å². The van der Waals surface area contributed by atoms with Gasteiger partial charge >= 0.3 is 0 Å². The zero-order chi connectivity index (χ0) is 24.3. The molecule has 0 atom stereocenters. The van der Waals surface area contributed by atoms with Crippen molar-refractivity contribution in [1.29, 1.82) is 0 Å². The summed E-state index contributed by atoms with van der Waals surface area (Å²) in [6, 6.07) is 14.6. The van der Waals surface area contributed by atoms with E-state index in [9.17, 15) is 13.2 Å². The first-order valence-corrected chi connectivity index (χ1v) is 13.6. The van der Waals surface area contributed by atoms with E-state index in [1.807, 2.05) is 39.0 Å². The third kappa shape index (κ3) is 5.34. The molecule has 0 saturated heterocycles. The topological polar surface area (TPSA) is 80.2 Å². The molecule has 0 N–H and O–H groups in total. The lowest BCUT2D eigenvalue weighted by Crippen LogP contribution is -2.30. The summed E-state index contributed by atoms with van der Waals surface area (Å²) in [5, 5.41) is 0.621. The SMILES string of the molecule is Cc1ccc(S(=O)(=O)CCCC(=O)N(Cc2ccncc2)c2nc3c(C)ccc(C)c3s2)cc1. The predicted molar refractivity (Wildman–Crippen MR) is 137 cm³/mol. The fourth-order valence-electron chi connectivity index (χ4n) is 3.71. The molecule has 4 rings (SSSR count). The Hall–Kier alpha value is -3.10. The van der Waals surface area contributed by atoms with E-state index in [1.54, 1.807) is 41.6 Å². The quantitative estimate of drug-likeness (QED) is 0.328. The third-order valence-electron chi connectivity index (χ3n) is 5.74. The smallest absolute Gasteiger partial charge is 0.229 e. The van der Waals surface area contributed by atoms with Gasteiger partial charge in [0.15, 0.2) is 15.0 Å². The van der Waals surface area contributed by atoms with Crippen LogP contribution in [0.25, 0.3) is 10.2 Å². The first kappa shape index (κ1) is 24.0. The van der Waals surface area contributed by atoms with Gasteiger partial charge in [-0.15, -0.1) is 0 Å². The third-order valence-corrected chi connectivity index (χ3v) is 8.77. The summed E-state index contributed by atoms with van der Waals surface area (Å²) >= 11 is 1.49. The lowest BCUT2D eigenvalue weighted by Gasteiger charge is -2.20. The van der Waals surface area contributed by atoms with Crippen LogP contribution in [-0.4, -0.2) is 30.0 Å². The second kappa shape index (κ2) is 10.0. The minimum absolute atomic E-state index is 0.0804. The number of nitrogens with zero attached hydrogens (tertiary/aromatic N) is 3. The van der Waals surface area contributed by atoms with Crippen molar-refractivity contribution in [2.45, 2.75) is 45.1 Å². The van der Waals surface area contributed by atoms with E-state index in [1.165, 1.54) is 11.3 Å². The number of amides is 1. The second-order valence-corrected chi connectivity index (χ2v) is 11.5. The molecule has 6 nitrogen and oxygen atoms in total. The molecule has 2 aromatic heterocycles. The van der Waals surface area contributed by atoms with Crippen LogP contribution in [0.2, 0.25) is 0 Å². The number of carbonyl (C=O) groups is 1. The molecule has 4 aromatic rings. The van der Waals surface area contributed by atoms with Crippen molar-refractivity contribution in [2.75, 3.05) is 10.7 Å². The van der Waals surface area contributed by atoms with Gasteiger partial charge in [-0.05, 0) is 68.1 Å². The summed E-state index contributed by atoms with van der Waals surface area (Å²) in [5.41, 5.74) is 5.01. The minimum atomic E-state index is -3.45. The highest BCUT2D eigenvalue weighted by molar-refractivity contribution is 7.91. The van der Waals surface area contributed by atoms with Gasteiger partial charge in [-0.1, -0.05) is 41.2 Å². The maximum absolute atomic E-state index is 13.3. The second-order valence-electron chi connectivity index (χ2n) is 8.44. The van der Waals surface area contributed by atoms with Crippen molar-refractivity contribution in [3.8, 4) is 0 Å². The number of carbonyl (C=O) groups excluding carboxylic acids is 1. The van der Waals surface area contributed by atoms with E-state index >= 15 is 0 Å². The van der Waals surface area contributed by atoms with Gasteiger partial charge in [-0.3, -0.25) is 14.7 Å². The van der Waals surface area contributed by atoms with Crippen molar-refractivity contribution < 1.29 is 13.2 Å². The van der Waals surface area contributed by atoms with E-state index < -0.39 is 9.84 Å². The normalized spacial score (nSPS) is 11.6.